The maximum atomic E-state index is 6.54. The molecule has 0 spiro atoms. The van der Waals surface area contributed by atoms with Crippen molar-refractivity contribution in [1.29, 1.82) is 0 Å². The Morgan fingerprint density at radius 2 is 0.384 bits per heavy atom. The SMILES string of the molecule is c1ccc(-c2ccc(N(c3ccc(-c4ccccc4)cc3)c3cc(-c4ccc5ccccc5c4)cc(N(c4ccc(-c5ccccc5)cc4)c4ccc(-c5cccc6c5oc5ccccc56)cc4)c3)cc2)cc1.c1ccc(-c2ccc(N(c3ccc(-c4ccccc4)cc3)c3cc(-c4ccc5ccccc5c4)cc(N(c4ccc(-c5ccccc5)cc4)c4ccc(-c5cccc6c5sc5ccccc56)cc4)c3)cc2)cc1. The number of thiophene rings is 1. The van der Waals surface area contributed by atoms with Gasteiger partial charge in [-0.25, -0.2) is 0 Å². The largest absolute Gasteiger partial charge is 0.455 e. The van der Waals surface area contributed by atoms with E-state index in [0.29, 0.717) is 0 Å². The van der Waals surface area contributed by atoms with Crippen molar-refractivity contribution in [2.75, 3.05) is 19.6 Å². The van der Waals surface area contributed by atoms with Crippen LogP contribution < -0.4 is 19.6 Å². The average molecular weight is 1880 g/mol. The average Bonchev–Trinajstić information content (AvgIpc) is 1.53. The summed E-state index contributed by atoms with van der Waals surface area (Å²) in [4.78, 5) is 9.61. The number of nitrogens with zero attached hydrogens (tertiary/aromatic N) is 4. The quantitative estimate of drug-likeness (QED) is 0.0674. The van der Waals surface area contributed by atoms with E-state index in [4.69, 9.17) is 4.42 Å². The minimum Gasteiger partial charge on any atom is -0.455 e. The monoisotopic (exact) mass is 1880 g/mol. The highest BCUT2D eigenvalue weighted by Crippen LogP contribution is 2.51. The Bertz CT molecular complexity index is 8440. The second-order valence-electron chi connectivity index (χ2n) is 37.1. The number of fused-ring (bicyclic) bond motifs is 8. The highest BCUT2D eigenvalue weighted by molar-refractivity contribution is 7.26. The van der Waals surface area contributed by atoms with Crippen LogP contribution in [0.5, 0.6) is 0 Å². The highest BCUT2D eigenvalue weighted by Gasteiger charge is 2.26. The van der Waals surface area contributed by atoms with Gasteiger partial charge in [-0.05, 0) is 285 Å². The maximum Gasteiger partial charge on any atom is 0.143 e. The fourth-order valence-corrected chi connectivity index (χ4v) is 21.9. The number of furan rings is 1. The number of benzene rings is 24. The molecule has 5 nitrogen and oxygen atoms in total. The molecule has 0 saturated heterocycles. The normalized spacial score (nSPS) is 11.3. The second-order valence-corrected chi connectivity index (χ2v) is 38.1. The van der Waals surface area contributed by atoms with Gasteiger partial charge in [-0.15, -0.1) is 11.3 Å². The Morgan fingerprint density at radius 3 is 0.719 bits per heavy atom. The molecule has 0 unspecified atom stereocenters. The van der Waals surface area contributed by atoms with E-state index in [2.05, 4.69) is 590 Å². The molecule has 146 heavy (non-hydrogen) atoms. The summed E-state index contributed by atoms with van der Waals surface area (Å²) in [5.74, 6) is 0. The Morgan fingerprint density at radius 1 is 0.137 bits per heavy atom. The van der Waals surface area contributed by atoms with Crippen molar-refractivity contribution >= 4 is 143 Å². The third-order valence-corrected chi connectivity index (χ3v) is 29.3. The van der Waals surface area contributed by atoms with Crippen LogP contribution in [0.15, 0.2) is 587 Å². The first-order valence-electron chi connectivity index (χ1n) is 49.8. The van der Waals surface area contributed by atoms with Gasteiger partial charge in [-0.3, -0.25) is 0 Å². The van der Waals surface area contributed by atoms with Crippen LogP contribution >= 0.6 is 11.3 Å². The van der Waals surface area contributed by atoms with Crippen LogP contribution in [-0.4, -0.2) is 0 Å². The van der Waals surface area contributed by atoms with E-state index in [0.717, 1.165) is 129 Å². The number of hydrogen-bond donors (Lipinski definition) is 0. The van der Waals surface area contributed by atoms with Gasteiger partial charge in [0.15, 0.2) is 0 Å². The number of anilines is 12. The molecule has 0 aliphatic heterocycles. The van der Waals surface area contributed by atoms with Gasteiger partial charge in [0.2, 0.25) is 0 Å². The van der Waals surface area contributed by atoms with Gasteiger partial charge >= 0.3 is 0 Å². The third kappa shape index (κ3) is 18.0. The summed E-state index contributed by atoms with van der Waals surface area (Å²) in [5, 5.41) is 9.67. The minimum absolute atomic E-state index is 0.891. The summed E-state index contributed by atoms with van der Waals surface area (Å²) in [6, 6.07) is 211. The summed E-state index contributed by atoms with van der Waals surface area (Å²) >= 11 is 1.87. The van der Waals surface area contributed by atoms with Crippen molar-refractivity contribution in [1.82, 2.24) is 0 Å². The molecule has 0 radical (unpaired) electrons. The van der Waals surface area contributed by atoms with E-state index in [1.807, 2.05) is 23.5 Å². The Labute approximate surface area is 854 Å². The molecule has 688 valence electrons. The first kappa shape index (κ1) is 88.4. The Hall–Kier alpha value is -19.0. The van der Waals surface area contributed by atoms with Gasteiger partial charge in [0.25, 0.3) is 0 Å². The van der Waals surface area contributed by atoms with Crippen molar-refractivity contribution in [3.8, 4) is 111 Å². The first-order chi connectivity index (χ1) is 72.3. The molecule has 0 saturated carbocycles. The van der Waals surface area contributed by atoms with Crippen LogP contribution in [0.2, 0.25) is 0 Å². The second kappa shape index (κ2) is 39.6. The molecule has 0 amide bonds. The molecule has 24 aromatic carbocycles. The summed E-state index contributed by atoms with van der Waals surface area (Å²) in [6.45, 7) is 0. The molecule has 26 aromatic rings. The molecule has 0 N–H and O–H groups in total. The lowest BCUT2D eigenvalue weighted by Crippen LogP contribution is -2.13. The first-order valence-corrected chi connectivity index (χ1v) is 50.6. The zero-order chi connectivity index (χ0) is 97.0. The van der Waals surface area contributed by atoms with Crippen molar-refractivity contribution in [2.24, 2.45) is 0 Å². The van der Waals surface area contributed by atoms with Gasteiger partial charge < -0.3 is 24.0 Å². The molecule has 0 fully saturated rings. The van der Waals surface area contributed by atoms with Gasteiger partial charge in [0, 0.05) is 105 Å². The molecule has 0 atom stereocenters. The predicted molar refractivity (Wildman–Crippen MR) is 621 cm³/mol. The lowest BCUT2D eigenvalue weighted by Gasteiger charge is -2.31. The molecule has 6 heteroatoms. The van der Waals surface area contributed by atoms with Crippen molar-refractivity contribution < 1.29 is 4.42 Å². The van der Waals surface area contributed by atoms with Crippen LogP contribution in [-0.2, 0) is 0 Å². The fourth-order valence-electron chi connectivity index (χ4n) is 20.7. The zero-order valence-electron chi connectivity index (χ0n) is 80.0. The fraction of sp³-hybridized carbons (Fsp3) is 0. The van der Waals surface area contributed by atoms with E-state index in [1.54, 1.807) is 0 Å². The Balaban J connectivity index is 0.000000152. The maximum absolute atomic E-state index is 6.54. The van der Waals surface area contributed by atoms with E-state index in [-0.39, 0.29) is 0 Å². The molecular weight excluding hydrogens is 1790 g/mol. The molecule has 0 aliphatic rings. The van der Waals surface area contributed by atoms with E-state index < -0.39 is 0 Å². The third-order valence-electron chi connectivity index (χ3n) is 28.1. The lowest BCUT2D eigenvalue weighted by atomic mass is 9.98. The molecule has 0 aliphatic carbocycles. The number of hydrogen-bond acceptors (Lipinski definition) is 6. The van der Waals surface area contributed by atoms with Crippen molar-refractivity contribution in [2.45, 2.75) is 0 Å². The van der Waals surface area contributed by atoms with E-state index >= 15 is 0 Å². The summed E-state index contributed by atoms with van der Waals surface area (Å²) in [5.41, 5.74) is 37.5. The lowest BCUT2D eigenvalue weighted by molar-refractivity contribution is 0.670. The topological polar surface area (TPSA) is 26.1 Å². The van der Waals surface area contributed by atoms with Crippen LogP contribution in [0.3, 0.4) is 0 Å². The van der Waals surface area contributed by atoms with Crippen LogP contribution in [0.1, 0.15) is 0 Å². The highest BCUT2D eigenvalue weighted by atomic mass is 32.1. The number of para-hydroxylation sites is 2. The van der Waals surface area contributed by atoms with Crippen LogP contribution in [0.4, 0.5) is 68.2 Å². The van der Waals surface area contributed by atoms with Crippen LogP contribution in [0, 0.1) is 0 Å². The van der Waals surface area contributed by atoms with Crippen molar-refractivity contribution in [3.63, 3.8) is 0 Å². The van der Waals surface area contributed by atoms with Gasteiger partial charge in [0.1, 0.15) is 11.2 Å². The van der Waals surface area contributed by atoms with Crippen LogP contribution in [0.25, 0.3) is 175 Å². The predicted octanol–water partition coefficient (Wildman–Crippen LogP) is 40.5. The zero-order valence-corrected chi connectivity index (χ0v) is 80.8. The standard InChI is InChI=1S/C70H48N2O.C70H48N2S/c2*1-4-15-49(16-5-1)53-29-37-60(38-30-53)71(61-39-31-54(32-40-61)50-17-6-2-7-18-50)64-46-59(58-28-27-52-21-10-11-22-57(52)45-58)47-65(48-64)72(62-41-33-55(34-42-62)51-19-8-3-9-20-51)63-43-35-56(36-44-63)66-24-14-25-68-67-23-12-13-26-69(67)73-70(66)68/h2*1-48H. The summed E-state index contributed by atoms with van der Waals surface area (Å²) in [7, 11) is 0. The minimum atomic E-state index is 0.891. The molecule has 2 heterocycles. The smallest absolute Gasteiger partial charge is 0.143 e. The van der Waals surface area contributed by atoms with Gasteiger partial charge in [-0.2, -0.15) is 0 Å². The molecular formula is C140H96N4OS. The number of rotatable bonds is 22. The molecule has 26 rings (SSSR count). The van der Waals surface area contributed by atoms with Crippen molar-refractivity contribution in [3.05, 3.63) is 582 Å². The van der Waals surface area contributed by atoms with Gasteiger partial charge in [0.05, 0.1) is 0 Å². The van der Waals surface area contributed by atoms with E-state index in [1.165, 1.54) is 114 Å². The van der Waals surface area contributed by atoms with Gasteiger partial charge in [-0.1, -0.05) is 425 Å². The Kier molecular flexibility index (Phi) is 24.0. The molecule has 2 aromatic heterocycles. The summed E-state index contributed by atoms with van der Waals surface area (Å²) < 4.78 is 9.15. The molecule has 0 bridgehead atoms. The van der Waals surface area contributed by atoms with E-state index in [9.17, 15) is 0 Å². The summed E-state index contributed by atoms with van der Waals surface area (Å²) in [6.07, 6.45) is 0.